The predicted molar refractivity (Wildman–Crippen MR) is 119 cm³/mol. The van der Waals surface area contributed by atoms with Gasteiger partial charge in [0.25, 0.3) is 16.0 Å². The maximum Gasteiger partial charge on any atom is 0.294 e. The van der Waals surface area contributed by atoms with Crippen LogP contribution in [0.15, 0.2) is 105 Å². The molecule has 0 spiro atoms. The SMILES string of the molecule is N#C/C(=C/Nc1ccccc1Sc1ccccc1)C(=O)Nc1cccc(S(=O)(=O)O)c1. The Kier molecular flexibility index (Phi) is 7.10. The molecule has 0 aliphatic rings. The quantitative estimate of drug-likeness (QED) is 0.274. The van der Waals surface area contributed by atoms with Gasteiger partial charge in [0, 0.05) is 21.7 Å². The van der Waals surface area contributed by atoms with Crippen LogP contribution in [0.4, 0.5) is 11.4 Å². The number of carbonyl (C=O) groups is 1. The van der Waals surface area contributed by atoms with Crippen LogP contribution in [0.1, 0.15) is 0 Å². The Labute approximate surface area is 184 Å². The number of benzene rings is 3. The van der Waals surface area contributed by atoms with Gasteiger partial charge in [0.15, 0.2) is 0 Å². The second-order valence-corrected chi connectivity index (χ2v) is 8.72. The van der Waals surface area contributed by atoms with Gasteiger partial charge in [-0.15, -0.1) is 0 Å². The molecule has 0 radical (unpaired) electrons. The summed E-state index contributed by atoms with van der Waals surface area (Å²) < 4.78 is 31.6. The molecule has 3 rings (SSSR count). The first-order valence-corrected chi connectivity index (χ1v) is 11.2. The molecular formula is C22H17N3O4S2. The summed E-state index contributed by atoms with van der Waals surface area (Å²) in [5, 5.41) is 14.8. The summed E-state index contributed by atoms with van der Waals surface area (Å²) in [5.74, 6) is -0.726. The lowest BCUT2D eigenvalue weighted by molar-refractivity contribution is -0.112. The molecule has 0 fully saturated rings. The van der Waals surface area contributed by atoms with Crippen molar-refractivity contribution in [2.75, 3.05) is 10.6 Å². The van der Waals surface area contributed by atoms with E-state index < -0.39 is 16.0 Å². The molecule has 0 heterocycles. The van der Waals surface area contributed by atoms with Crippen molar-refractivity contribution in [1.29, 1.82) is 5.26 Å². The summed E-state index contributed by atoms with van der Waals surface area (Å²) in [5.41, 5.74) is 0.628. The average Bonchev–Trinajstić information content (AvgIpc) is 2.75. The molecule has 3 aromatic rings. The van der Waals surface area contributed by atoms with E-state index in [1.165, 1.54) is 36.2 Å². The van der Waals surface area contributed by atoms with E-state index in [2.05, 4.69) is 10.6 Å². The lowest BCUT2D eigenvalue weighted by atomic mass is 10.2. The van der Waals surface area contributed by atoms with E-state index in [0.717, 1.165) is 15.9 Å². The lowest BCUT2D eigenvalue weighted by Crippen LogP contribution is -2.15. The monoisotopic (exact) mass is 451 g/mol. The highest BCUT2D eigenvalue weighted by atomic mass is 32.2. The van der Waals surface area contributed by atoms with Crippen molar-refractivity contribution in [2.24, 2.45) is 0 Å². The standard InChI is InChI=1S/C22H17N3O4S2/c23-14-16(22(26)25-17-7-6-10-19(13-17)31(27,28)29)15-24-20-11-4-5-12-21(20)30-18-8-2-1-3-9-18/h1-13,15,24H,(H,25,26)(H,27,28,29)/b16-15-. The topological polar surface area (TPSA) is 119 Å². The van der Waals surface area contributed by atoms with Crippen LogP contribution in [0.3, 0.4) is 0 Å². The smallest absolute Gasteiger partial charge is 0.294 e. The zero-order valence-corrected chi connectivity index (χ0v) is 17.7. The molecule has 9 heteroatoms. The van der Waals surface area contributed by atoms with Crippen molar-refractivity contribution in [3.05, 3.63) is 90.6 Å². The molecule has 0 bridgehead atoms. The number of hydrogen-bond acceptors (Lipinski definition) is 6. The maximum atomic E-state index is 12.4. The van der Waals surface area contributed by atoms with E-state index in [4.69, 9.17) is 4.55 Å². The fraction of sp³-hybridized carbons (Fsp3) is 0. The van der Waals surface area contributed by atoms with E-state index in [-0.39, 0.29) is 16.2 Å². The van der Waals surface area contributed by atoms with Crippen molar-refractivity contribution in [3.63, 3.8) is 0 Å². The average molecular weight is 452 g/mol. The van der Waals surface area contributed by atoms with Crippen LogP contribution in [0.25, 0.3) is 0 Å². The number of nitrogens with zero attached hydrogens (tertiary/aromatic N) is 1. The van der Waals surface area contributed by atoms with Crippen molar-refractivity contribution in [1.82, 2.24) is 0 Å². The third kappa shape index (κ3) is 6.20. The van der Waals surface area contributed by atoms with Gasteiger partial charge in [-0.2, -0.15) is 13.7 Å². The van der Waals surface area contributed by atoms with Crippen LogP contribution >= 0.6 is 11.8 Å². The summed E-state index contributed by atoms with van der Waals surface area (Å²) in [6, 6.07) is 24.1. The molecular weight excluding hydrogens is 434 g/mol. The summed E-state index contributed by atoms with van der Waals surface area (Å²) in [7, 11) is -4.41. The third-order valence-corrected chi connectivity index (χ3v) is 5.92. The number of nitriles is 1. The molecule has 0 aromatic heterocycles. The number of amides is 1. The van der Waals surface area contributed by atoms with Crippen molar-refractivity contribution < 1.29 is 17.8 Å². The molecule has 7 nitrogen and oxygen atoms in total. The summed E-state index contributed by atoms with van der Waals surface area (Å²) in [4.78, 5) is 14.0. The number of carbonyl (C=O) groups excluding carboxylic acids is 1. The Balaban J connectivity index is 1.76. The Morgan fingerprint density at radius 2 is 1.71 bits per heavy atom. The Morgan fingerprint density at radius 3 is 2.42 bits per heavy atom. The molecule has 0 aliphatic heterocycles. The molecule has 0 atom stereocenters. The number of rotatable bonds is 7. The minimum Gasteiger partial charge on any atom is -0.359 e. The Bertz CT molecular complexity index is 1270. The first-order valence-electron chi connectivity index (χ1n) is 8.94. The molecule has 0 saturated carbocycles. The summed E-state index contributed by atoms with van der Waals surface area (Å²) in [6.45, 7) is 0. The van der Waals surface area contributed by atoms with Crippen molar-refractivity contribution >= 4 is 39.2 Å². The molecule has 3 aromatic carbocycles. The van der Waals surface area contributed by atoms with Crippen molar-refractivity contribution in [2.45, 2.75) is 14.7 Å². The highest BCUT2D eigenvalue weighted by Crippen LogP contribution is 2.33. The molecule has 0 aliphatic carbocycles. The predicted octanol–water partition coefficient (Wildman–Crippen LogP) is 4.54. The van der Waals surface area contributed by atoms with Gasteiger partial charge in [-0.05, 0) is 42.5 Å². The second-order valence-electron chi connectivity index (χ2n) is 6.18. The van der Waals surface area contributed by atoms with Gasteiger partial charge in [-0.3, -0.25) is 9.35 Å². The first-order chi connectivity index (χ1) is 14.9. The maximum absolute atomic E-state index is 12.4. The summed E-state index contributed by atoms with van der Waals surface area (Å²) >= 11 is 1.53. The largest absolute Gasteiger partial charge is 0.359 e. The lowest BCUT2D eigenvalue weighted by Gasteiger charge is -2.10. The fourth-order valence-corrected chi connectivity index (χ4v) is 3.98. The third-order valence-electron chi connectivity index (χ3n) is 3.98. The Morgan fingerprint density at radius 1 is 1.00 bits per heavy atom. The van der Waals surface area contributed by atoms with Crippen LogP contribution < -0.4 is 10.6 Å². The summed E-state index contributed by atoms with van der Waals surface area (Å²) in [6.07, 6.45) is 1.28. The number of para-hydroxylation sites is 1. The molecule has 1 amide bonds. The number of anilines is 2. The van der Waals surface area contributed by atoms with Crippen LogP contribution in [0.5, 0.6) is 0 Å². The van der Waals surface area contributed by atoms with E-state index in [0.29, 0.717) is 5.69 Å². The van der Waals surface area contributed by atoms with Gasteiger partial charge in [0.1, 0.15) is 11.6 Å². The number of nitrogens with one attached hydrogen (secondary N) is 2. The van der Waals surface area contributed by atoms with Crippen LogP contribution in [-0.4, -0.2) is 18.9 Å². The van der Waals surface area contributed by atoms with Gasteiger partial charge in [-0.1, -0.05) is 48.2 Å². The normalized spacial score (nSPS) is 11.4. The highest BCUT2D eigenvalue weighted by Gasteiger charge is 2.13. The molecule has 0 unspecified atom stereocenters. The van der Waals surface area contributed by atoms with Crippen LogP contribution in [0.2, 0.25) is 0 Å². The zero-order valence-electron chi connectivity index (χ0n) is 16.0. The van der Waals surface area contributed by atoms with E-state index in [1.807, 2.05) is 60.7 Å². The molecule has 3 N–H and O–H groups in total. The molecule has 31 heavy (non-hydrogen) atoms. The first kappa shape index (κ1) is 22.1. The zero-order chi connectivity index (χ0) is 22.3. The highest BCUT2D eigenvalue weighted by molar-refractivity contribution is 7.99. The van der Waals surface area contributed by atoms with Crippen molar-refractivity contribution in [3.8, 4) is 6.07 Å². The van der Waals surface area contributed by atoms with E-state index >= 15 is 0 Å². The van der Waals surface area contributed by atoms with Gasteiger partial charge >= 0.3 is 0 Å². The molecule has 0 saturated heterocycles. The van der Waals surface area contributed by atoms with Gasteiger partial charge < -0.3 is 10.6 Å². The fourth-order valence-electron chi connectivity index (χ4n) is 2.52. The van der Waals surface area contributed by atoms with Crippen LogP contribution in [0, 0.1) is 11.3 Å². The second kappa shape index (κ2) is 9.95. The van der Waals surface area contributed by atoms with E-state index in [9.17, 15) is 18.5 Å². The minimum atomic E-state index is -4.41. The van der Waals surface area contributed by atoms with Crippen LogP contribution in [-0.2, 0) is 14.9 Å². The number of hydrogen-bond donors (Lipinski definition) is 3. The van der Waals surface area contributed by atoms with Gasteiger partial charge in [0.05, 0.1) is 10.6 Å². The molecule has 156 valence electrons. The van der Waals surface area contributed by atoms with E-state index in [1.54, 1.807) is 0 Å². The minimum absolute atomic E-state index is 0.126. The van der Waals surface area contributed by atoms with Gasteiger partial charge in [0.2, 0.25) is 0 Å². The Hall–Kier alpha value is -3.58. The van der Waals surface area contributed by atoms with Gasteiger partial charge in [-0.25, -0.2) is 0 Å².